The van der Waals surface area contributed by atoms with Crippen LogP contribution in [-0.2, 0) is 9.84 Å². The average molecular weight is 547 g/mol. The summed E-state index contributed by atoms with van der Waals surface area (Å²) < 4.78 is 73.4. The number of rotatable bonds is 6. The molecule has 4 heterocycles. The standard InChI is InChI=1S/C22H22ClF3N4O5S/c1-13-17(19(31)29-21(2)6-9-36(32,33)10-7-21)28-16-4-3-14(11-30(13)16)35-20-18(15(23)5-8-27-20)34-12-22(24,25)26/h3-5,8,11H,6-7,9-10,12H2,1-2H3,(H,29,31). The molecule has 0 radical (unpaired) electrons. The number of halogens is 4. The van der Waals surface area contributed by atoms with Gasteiger partial charge in [-0.3, -0.25) is 9.20 Å². The Morgan fingerprint density at radius 1 is 1.25 bits per heavy atom. The second-order valence-corrected chi connectivity index (χ2v) is 11.4. The van der Waals surface area contributed by atoms with Crippen LogP contribution in [0.15, 0.2) is 30.6 Å². The van der Waals surface area contributed by atoms with Gasteiger partial charge in [0.25, 0.3) is 11.8 Å². The molecule has 3 aromatic rings. The molecule has 0 atom stereocenters. The van der Waals surface area contributed by atoms with Crippen molar-refractivity contribution in [1.29, 1.82) is 0 Å². The van der Waals surface area contributed by atoms with Gasteiger partial charge in [0, 0.05) is 11.7 Å². The van der Waals surface area contributed by atoms with Gasteiger partial charge in [0.2, 0.25) is 5.75 Å². The maximum Gasteiger partial charge on any atom is 0.422 e. The molecule has 0 saturated carbocycles. The van der Waals surface area contributed by atoms with Gasteiger partial charge in [-0.25, -0.2) is 18.4 Å². The molecule has 3 aromatic heterocycles. The summed E-state index contributed by atoms with van der Waals surface area (Å²) >= 11 is 5.98. The Kier molecular flexibility index (Phi) is 6.82. The first-order valence-corrected chi connectivity index (χ1v) is 13.0. The van der Waals surface area contributed by atoms with E-state index in [1.54, 1.807) is 24.3 Å². The van der Waals surface area contributed by atoms with E-state index in [1.807, 2.05) is 0 Å². The van der Waals surface area contributed by atoms with E-state index in [9.17, 15) is 26.4 Å². The summed E-state index contributed by atoms with van der Waals surface area (Å²) in [6.45, 7) is 1.90. The summed E-state index contributed by atoms with van der Waals surface area (Å²) in [4.78, 5) is 21.3. The molecule has 36 heavy (non-hydrogen) atoms. The van der Waals surface area contributed by atoms with Crippen molar-refractivity contribution in [2.24, 2.45) is 0 Å². The van der Waals surface area contributed by atoms with Crippen LogP contribution >= 0.6 is 11.6 Å². The van der Waals surface area contributed by atoms with Crippen molar-refractivity contribution in [3.05, 3.63) is 47.0 Å². The Morgan fingerprint density at radius 2 is 1.94 bits per heavy atom. The number of fused-ring (bicyclic) bond motifs is 1. The number of alkyl halides is 3. The molecule has 1 fully saturated rings. The number of hydrogen-bond donors (Lipinski definition) is 1. The number of pyridine rings is 2. The normalized spacial score (nSPS) is 17.1. The number of imidazole rings is 1. The van der Waals surface area contributed by atoms with Crippen LogP contribution in [0.5, 0.6) is 17.4 Å². The van der Waals surface area contributed by atoms with E-state index in [0.717, 1.165) is 0 Å². The van der Waals surface area contributed by atoms with Crippen molar-refractivity contribution in [1.82, 2.24) is 19.7 Å². The molecule has 1 N–H and O–H groups in total. The molecule has 0 spiro atoms. The predicted octanol–water partition coefficient (Wildman–Crippen LogP) is 4.12. The Balaban J connectivity index is 1.56. The lowest BCUT2D eigenvalue weighted by molar-refractivity contribution is -0.153. The molecule has 14 heteroatoms. The minimum atomic E-state index is -4.58. The van der Waals surface area contributed by atoms with Crippen molar-refractivity contribution in [3.63, 3.8) is 0 Å². The van der Waals surface area contributed by atoms with E-state index in [2.05, 4.69) is 15.3 Å². The van der Waals surface area contributed by atoms with Crippen molar-refractivity contribution in [3.8, 4) is 17.4 Å². The number of nitrogens with zero attached hydrogens (tertiary/aromatic N) is 3. The molecule has 0 aliphatic carbocycles. The minimum Gasteiger partial charge on any atom is -0.477 e. The molecule has 1 aliphatic heterocycles. The largest absolute Gasteiger partial charge is 0.477 e. The van der Waals surface area contributed by atoms with E-state index < -0.39 is 34.1 Å². The average Bonchev–Trinajstić information content (AvgIpc) is 3.11. The smallest absolute Gasteiger partial charge is 0.422 e. The lowest BCUT2D eigenvalue weighted by Crippen LogP contribution is -2.51. The van der Waals surface area contributed by atoms with Crippen LogP contribution < -0.4 is 14.8 Å². The molecule has 4 rings (SSSR count). The van der Waals surface area contributed by atoms with Gasteiger partial charge in [0.05, 0.1) is 28.4 Å². The van der Waals surface area contributed by atoms with Crippen molar-refractivity contribution >= 4 is 33.0 Å². The van der Waals surface area contributed by atoms with Crippen LogP contribution in [-0.4, -0.2) is 58.5 Å². The van der Waals surface area contributed by atoms with Gasteiger partial charge in [-0.05, 0) is 44.9 Å². The summed E-state index contributed by atoms with van der Waals surface area (Å²) in [5.41, 5.74) is 0.378. The van der Waals surface area contributed by atoms with Crippen LogP contribution in [0.3, 0.4) is 0 Å². The van der Waals surface area contributed by atoms with E-state index in [1.165, 1.54) is 24.5 Å². The maximum absolute atomic E-state index is 13.0. The zero-order valence-corrected chi connectivity index (χ0v) is 20.8. The highest BCUT2D eigenvalue weighted by Crippen LogP contribution is 2.36. The number of nitrogens with one attached hydrogen (secondary N) is 1. The summed E-state index contributed by atoms with van der Waals surface area (Å²) in [5.74, 6) is -0.878. The van der Waals surface area contributed by atoms with E-state index >= 15 is 0 Å². The number of aromatic nitrogens is 3. The van der Waals surface area contributed by atoms with Crippen LogP contribution in [0.1, 0.15) is 35.9 Å². The second kappa shape index (κ2) is 9.43. The number of carbonyl (C=O) groups is 1. The van der Waals surface area contributed by atoms with Crippen molar-refractivity contribution in [2.45, 2.75) is 38.4 Å². The van der Waals surface area contributed by atoms with Gasteiger partial charge in [-0.1, -0.05) is 11.6 Å². The van der Waals surface area contributed by atoms with Crippen molar-refractivity contribution < 1.29 is 35.9 Å². The second-order valence-electron chi connectivity index (χ2n) is 8.74. The molecular weight excluding hydrogens is 525 g/mol. The third kappa shape index (κ3) is 5.84. The first-order valence-electron chi connectivity index (χ1n) is 10.8. The van der Waals surface area contributed by atoms with E-state index in [0.29, 0.717) is 24.2 Å². The zero-order valence-electron chi connectivity index (χ0n) is 19.2. The fourth-order valence-corrected chi connectivity index (χ4v) is 5.66. The molecule has 0 bridgehead atoms. The third-order valence-electron chi connectivity index (χ3n) is 5.81. The molecule has 194 valence electrons. The first-order chi connectivity index (χ1) is 16.8. The minimum absolute atomic E-state index is 0.000831. The van der Waals surface area contributed by atoms with Crippen molar-refractivity contribution in [2.75, 3.05) is 18.1 Å². The maximum atomic E-state index is 13.0. The molecule has 1 amide bonds. The van der Waals surface area contributed by atoms with Crippen LogP contribution in [0.2, 0.25) is 5.02 Å². The molecular formula is C22H22ClF3N4O5S. The molecule has 9 nitrogen and oxygen atoms in total. The highest BCUT2D eigenvalue weighted by molar-refractivity contribution is 7.91. The molecule has 1 saturated heterocycles. The lowest BCUT2D eigenvalue weighted by atomic mass is 9.94. The zero-order chi connectivity index (χ0) is 26.3. The highest BCUT2D eigenvalue weighted by Gasteiger charge is 2.35. The van der Waals surface area contributed by atoms with Gasteiger partial charge in [-0.2, -0.15) is 13.2 Å². The number of sulfone groups is 1. The Hall–Kier alpha value is -3.06. The quantitative estimate of drug-likeness (QED) is 0.495. The fraction of sp³-hybridized carbons (Fsp3) is 0.409. The highest BCUT2D eigenvalue weighted by atomic mass is 35.5. The number of amides is 1. The SMILES string of the molecule is Cc1c(C(=O)NC2(C)CCS(=O)(=O)CC2)nc2ccc(Oc3nccc(Cl)c3OCC(F)(F)F)cn12. The number of carbonyl (C=O) groups excluding carboxylic acids is 1. The third-order valence-corrected chi connectivity index (χ3v) is 7.76. The first kappa shape index (κ1) is 26.0. The van der Waals surface area contributed by atoms with Crippen LogP contribution in [0.25, 0.3) is 5.65 Å². The Bertz CT molecular complexity index is 1410. The summed E-state index contributed by atoms with van der Waals surface area (Å²) in [5, 5.41) is 2.80. The lowest BCUT2D eigenvalue weighted by Gasteiger charge is -2.34. The van der Waals surface area contributed by atoms with E-state index in [4.69, 9.17) is 21.1 Å². The molecule has 0 unspecified atom stereocenters. The number of hydrogen-bond acceptors (Lipinski definition) is 7. The predicted molar refractivity (Wildman–Crippen MR) is 125 cm³/mol. The monoisotopic (exact) mass is 546 g/mol. The summed E-state index contributed by atoms with van der Waals surface area (Å²) in [6.07, 6.45) is -1.21. The molecule has 0 aromatic carbocycles. The summed E-state index contributed by atoms with van der Waals surface area (Å²) in [6, 6.07) is 4.35. The van der Waals surface area contributed by atoms with Crippen LogP contribution in [0.4, 0.5) is 13.2 Å². The van der Waals surface area contributed by atoms with E-state index in [-0.39, 0.29) is 39.6 Å². The van der Waals surface area contributed by atoms with Gasteiger partial charge in [0.15, 0.2) is 6.61 Å². The number of ether oxygens (including phenoxy) is 2. The van der Waals surface area contributed by atoms with Gasteiger partial charge in [0.1, 0.15) is 26.9 Å². The van der Waals surface area contributed by atoms with Gasteiger partial charge in [-0.15, -0.1) is 0 Å². The fourth-order valence-electron chi connectivity index (χ4n) is 3.74. The topological polar surface area (TPSA) is 112 Å². The van der Waals surface area contributed by atoms with Gasteiger partial charge < -0.3 is 14.8 Å². The Labute approximate surface area is 209 Å². The summed E-state index contributed by atoms with van der Waals surface area (Å²) in [7, 11) is -3.09. The van der Waals surface area contributed by atoms with Gasteiger partial charge >= 0.3 is 6.18 Å². The molecule has 1 aliphatic rings. The Morgan fingerprint density at radius 3 is 2.61 bits per heavy atom. The van der Waals surface area contributed by atoms with Crippen LogP contribution in [0, 0.1) is 6.92 Å². The number of aryl methyl sites for hydroxylation is 1.